The van der Waals surface area contributed by atoms with Crippen LogP contribution in [0.2, 0.25) is 10.0 Å². The second kappa shape index (κ2) is 9.03. The maximum atomic E-state index is 6.42. The predicted molar refractivity (Wildman–Crippen MR) is 109 cm³/mol. The van der Waals surface area contributed by atoms with Crippen molar-refractivity contribution in [1.82, 2.24) is 14.9 Å². The number of hydrogen-bond acceptors (Lipinski definition) is 5. The molecule has 1 heterocycles. The minimum atomic E-state index is 0.342. The van der Waals surface area contributed by atoms with Gasteiger partial charge >= 0.3 is 0 Å². The number of nitrogens with one attached hydrogen (secondary N) is 1. The molecule has 27 heavy (non-hydrogen) atoms. The number of nitrogens with zero attached hydrogens (tertiary/aromatic N) is 3. The molecule has 3 rings (SSSR count). The van der Waals surface area contributed by atoms with Gasteiger partial charge in [0.15, 0.2) is 11.5 Å². The van der Waals surface area contributed by atoms with Crippen LogP contribution in [0.15, 0.2) is 47.8 Å². The normalized spacial score (nSPS) is 11.1. The van der Waals surface area contributed by atoms with Crippen LogP contribution >= 0.6 is 35.4 Å². The molecule has 0 radical (unpaired) electrons. The van der Waals surface area contributed by atoms with E-state index >= 15 is 0 Å². The van der Waals surface area contributed by atoms with E-state index in [4.69, 9.17) is 44.9 Å². The van der Waals surface area contributed by atoms with Crippen LogP contribution in [0.1, 0.15) is 18.1 Å². The summed E-state index contributed by atoms with van der Waals surface area (Å²) in [6.45, 7) is 2.71. The Labute approximate surface area is 171 Å². The van der Waals surface area contributed by atoms with Crippen molar-refractivity contribution in [3.05, 3.63) is 68.7 Å². The molecule has 6 nitrogen and oxygen atoms in total. The highest BCUT2D eigenvalue weighted by atomic mass is 35.5. The number of aromatic amines is 1. The Hall–Kier alpha value is -2.35. The van der Waals surface area contributed by atoms with Crippen LogP contribution < -0.4 is 9.47 Å². The molecular weight excluding hydrogens is 407 g/mol. The number of halogens is 2. The largest absolute Gasteiger partial charge is 0.490 e. The molecule has 2 aromatic carbocycles. The fraction of sp³-hybridized carbons (Fsp3) is 0.167. The molecule has 0 fully saturated rings. The van der Waals surface area contributed by atoms with Crippen molar-refractivity contribution in [1.29, 1.82) is 0 Å². The molecule has 1 aromatic heterocycles. The lowest BCUT2D eigenvalue weighted by Gasteiger charge is -2.14. The third-order valence-electron chi connectivity index (χ3n) is 3.49. The van der Waals surface area contributed by atoms with Crippen LogP contribution in [0.4, 0.5) is 0 Å². The van der Waals surface area contributed by atoms with Gasteiger partial charge in [-0.15, -0.1) is 0 Å². The van der Waals surface area contributed by atoms with Crippen molar-refractivity contribution in [2.24, 2.45) is 5.10 Å². The SMILES string of the molecule is CCOc1cc(/C=N\n2cn[nH]c2=S)cc(Cl)c1OCc1ccc(Cl)cc1. The maximum Gasteiger partial charge on any atom is 0.216 e. The van der Waals surface area contributed by atoms with Crippen molar-refractivity contribution in [2.45, 2.75) is 13.5 Å². The van der Waals surface area contributed by atoms with Crippen LogP contribution in [-0.2, 0) is 6.61 Å². The van der Waals surface area contributed by atoms with Gasteiger partial charge in [0.1, 0.15) is 12.9 Å². The average molecular weight is 423 g/mol. The zero-order chi connectivity index (χ0) is 19.2. The molecule has 0 saturated heterocycles. The fourth-order valence-corrected chi connectivity index (χ4v) is 2.80. The van der Waals surface area contributed by atoms with Gasteiger partial charge in [-0.3, -0.25) is 5.10 Å². The van der Waals surface area contributed by atoms with Crippen LogP contribution in [0.25, 0.3) is 0 Å². The third-order valence-corrected chi connectivity index (χ3v) is 4.31. The van der Waals surface area contributed by atoms with Crippen LogP contribution in [-0.4, -0.2) is 27.7 Å². The predicted octanol–water partition coefficient (Wildman–Crippen LogP) is 5.11. The molecule has 0 saturated carbocycles. The molecule has 0 amide bonds. The van der Waals surface area contributed by atoms with Gasteiger partial charge < -0.3 is 9.47 Å². The molecule has 0 atom stereocenters. The van der Waals surface area contributed by atoms with E-state index in [-0.39, 0.29) is 0 Å². The molecule has 0 unspecified atom stereocenters. The van der Waals surface area contributed by atoms with E-state index in [0.29, 0.717) is 39.5 Å². The lowest BCUT2D eigenvalue weighted by molar-refractivity contribution is 0.269. The highest BCUT2D eigenvalue weighted by Gasteiger charge is 2.12. The molecule has 0 aliphatic rings. The molecule has 1 N–H and O–H groups in total. The number of ether oxygens (including phenoxy) is 2. The van der Waals surface area contributed by atoms with Crippen molar-refractivity contribution in [2.75, 3.05) is 6.61 Å². The number of H-pyrrole nitrogens is 1. The molecular formula is C18H16Cl2N4O2S. The van der Waals surface area contributed by atoms with Gasteiger partial charge in [-0.25, -0.2) is 0 Å². The Morgan fingerprint density at radius 1 is 1.22 bits per heavy atom. The molecule has 3 aromatic rings. The van der Waals surface area contributed by atoms with Gasteiger partial charge in [-0.2, -0.15) is 14.9 Å². The van der Waals surface area contributed by atoms with Gasteiger partial charge in [0.05, 0.1) is 17.8 Å². The van der Waals surface area contributed by atoms with Gasteiger partial charge in [0, 0.05) is 5.02 Å². The average Bonchev–Trinajstić information content (AvgIpc) is 3.06. The molecule has 0 bridgehead atoms. The van der Waals surface area contributed by atoms with Crippen LogP contribution in [0.5, 0.6) is 11.5 Å². The third kappa shape index (κ3) is 5.09. The second-order valence-corrected chi connectivity index (χ2v) is 6.66. The lowest BCUT2D eigenvalue weighted by atomic mass is 10.2. The molecule has 0 spiro atoms. The van der Waals surface area contributed by atoms with E-state index in [9.17, 15) is 0 Å². The Bertz CT molecular complexity index is 999. The Morgan fingerprint density at radius 2 is 2.00 bits per heavy atom. The monoisotopic (exact) mass is 422 g/mol. The first-order valence-corrected chi connectivity index (χ1v) is 9.23. The smallest absolute Gasteiger partial charge is 0.216 e. The summed E-state index contributed by atoms with van der Waals surface area (Å²) in [6, 6.07) is 11.0. The summed E-state index contributed by atoms with van der Waals surface area (Å²) >= 11 is 17.4. The highest BCUT2D eigenvalue weighted by molar-refractivity contribution is 7.71. The summed E-state index contributed by atoms with van der Waals surface area (Å²) in [6.07, 6.45) is 3.09. The number of rotatable bonds is 7. The standard InChI is InChI=1S/C18H16Cl2N4O2S/c1-2-25-16-8-13(9-22-24-11-21-23-18(24)27)7-15(20)17(16)26-10-12-3-5-14(19)6-4-12/h3-9,11H,2,10H2,1H3,(H,23,27)/b22-9-. The zero-order valence-electron chi connectivity index (χ0n) is 14.4. The first-order chi connectivity index (χ1) is 13.1. The lowest BCUT2D eigenvalue weighted by Crippen LogP contribution is -2.01. The Morgan fingerprint density at radius 3 is 2.67 bits per heavy atom. The van der Waals surface area contributed by atoms with Crippen molar-refractivity contribution in [3.8, 4) is 11.5 Å². The summed E-state index contributed by atoms with van der Waals surface area (Å²) in [5, 5.41) is 11.8. The number of benzene rings is 2. The van der Waals surface area contributed by atoms with Crippen molar-refractivity contribution < 1.29 is 9.47 Å². The van der Waals surface area contributed by atoms with E-state index in [1.54, 1.807) is 18.3 Å². The minimum absolute atomic E-state index is 0.342. The van der Waals surface area contributed by atoms with Gasteiger partial charge in [-0.05, 0) is 54.5 Å². The van der Waals surface area contributed by atoms with E-state index in [1.165, 1.54) is 11.0 Å². The quantitative estimate of drug-likeness (QED) is 0.424. The minimum Gasteiger partial charge on any atom is -0.490 e. The van der Waals surface area contributed by atoms with E-state index < -0.39 is 0 Å². The van der Waals surface area contributed by atoms with E-state index in [0.717, 1.165) is 11.1 Å². The second-order valence-electron chi connectivity index (χ2n) is 5.43. The Balaban J connectivity index is 1.83. The summed E-state index contributed by atoms with van der Waals surface area (Å²) in [5.74, 6) is 1.02. The van der Waals surface area contributed by atoms with E-state index in [2.05, 4.69) is 15.3 Å². The molecule has 9 heteroatoms. The van der Waals surface area contributed by atoms with Crippen LogP contribution in [0, 0.1) is 4.77 Å². The van der Waals surface area contributed by atoms with Crippen molar-refractivity contribution in [3.63, 3.8) is 0 Å². The number of hydrogen-bond donors (Lipinski definition) is 1. The first kappa shape index (κ1) is 19.4. The first-order valence-electron chi connectivity index (χ1n) is 8.06. The van der Waals surface area contributed by atoms with E-state index in [1.807, 2.05) is 31.2 Å². The fourth-order valence-electron chi connectivity index (χ4n) is 2.26. The summed E-state index contributed by atoms with van der Waals surface area (Å²) in [4.78, 5) is 0. The van der Waals surface area contributed by atoms with Gasteiger partial charge in [0.2, 0.25) is 4.77 Å². The van der Waals surface area contributed by atoms with Crippen LogP contribution in [0.3, 0.4) is 0 Å². The summed E-state index contributed by atoms with van der Waals surface area (Å²) in [5.41, 5.74) is 1.71. The van der Waals surface area contributed by atoms with Gasteiger partial charge in [0.25, 0.3) is 0 Å². The number of aromatic nitrogens is 3. The maximum absolute atomic E-state index is 6.42. The summed E-state index contributed by atoms with van der Waals surface area (Å²) in [7, 11) is 0. The topological polar surface area (TPSA) is 64.4 Å². The van der Waals surface area contributed by atoms with Gasteiger partial charge in [-0.1, -0.05) is 35.3 Å². The Kier molecular flexibility index (Phi) is 6.49. The molecule has 0 aliphatic carbocycles. The zero-order valence-corrected chi connectivity index (χ0v) is 16.7. The molecule has 0 aliphatic heterocycles. The van der Waals surface area contributed by atoms with Crippen molar-refractivity contribution >= 4 is 41.6 Å². The highest BCUT2D eigenvalue weighted by Crippen LogP contribution is 2.37. The summed E-state index contributed by atoms with van der Waals surface area (Å²) < 4.78 is 13.4. The molecule has 140 valence electrons.